The Morgan fingerprint density at radius 3 is 1.15 bits per heavy atom. The van der Waals surface area contributed by atoms with Crippen LogP contribution in [-0.4, -0.2) is 197 Å². The largest absolute Gasteiger partial charge is 0.481 e. The van der Waals surface area contributed by atoms with Gasteiger partial charge in [0.2, 0.25) is 0 Å². The summed E-state index contributed by atoms with van der Waals surface area (Å²) in [6.07, 6.45) is 6.81. The van der Waals surface area contributed by atoms with E-state index < -0.39 is 122 Å². The molecule has 1 saturated carbocycles. The average molecular weight is 1470 g/mol. The number of urea groups is 3. The van der Waals surface area contributed by atoms with Crippen LogP contribution in [0.2, 0.25) is 0 Å². The number of imidazole rings is 3. The number of carbonyl (C=O) groups excluding carboxylic acids is 3. The summed E-state index contributed by atoms with van der Waals surface area (Å²) in [5, 5.41) is 44.0. The Bertz CT molecular complexity index is 4590. The molecule has 0 radical (unpaired) electrons. The van der Waals surface area contributed by atoms with Crippen molar-refractivity contribution in [1.29, 1.82) is 0 Å². The number of benzene rings is 3. The summed E-state index contributed by atoms with van der Waals surface area (Å²) in [5.41, 5.74) is 5.56. The average Bonchev–Trinajstić information content (AvgIpc) is 1.61. The molecule has 3 aromatic carbocycles. The molecule has 0 bridgehead atoms. The van der Waals surface area contributed by atoms with E-state index in [-0.39, 0.29) is 62.2 Å². The van der Waals surface area contributed by atoms with Crippen LogP contribution in [-0.2, 0) is 69.9 Å². The van der Waals surface area contributed by atoms with E-state index in [9.17, 15) is 44.1 Å². The molecular formula is C71H80N18O18. The molecule has 9 N–H and O–H groups in total. The van der Waals surface area contributed by atoms with Crippen LogP contribution in [0.3, 0.4) is 0 Å². The molecule has 36 heteroatoms. The summed E-state index contributed by atoms with van der Waals surface area (Å²) in [6.45, 7) is 4.55. The molecule has 6 amide bonds. The molecular weight excluding hydrogens is 1390 g/mol. The summed E-state index contributed by atoms with van der Waals surface area (Å²) in [4.78, 5) is 109. The number of anilines is 3. The summed E-state index contributed by atoms with van der Waals surface area (Å²) in [6, 6.07) is 28.3. The number of carbonyl (C=O) groups is 6. The number of amides is 6. The number of carboxylic acids is 3. The number of rotatable bonds is 23. The molecule has 6 aliphatic heterocycles. The van der Waals surface area contributed by atoms with E-state index in [0.29, 0.717) is 65.2 Å². The first-order valence-electron chi connectivity index (χ1n) is 35.5. The lowest BCUT2D eigenvalue weighted by Gasteiger charge is -2.21. The fourth-order valence-electron chi connectivity index (χ4n) is 14.3. The van der Waals surface area contributed by atoms with Crippen LogP contribution >= 0.6 is 0 Å². The third-order valence-corrected chi connectivity index (χ3v) is 19.1. The molecule has 1 aliphatic carbocycles. The Labute approximate surface area is 610 Å². The van der Waals surface area contributed by atoms with Gasteiger partial charge in [-0.15, -0.1) is 0 Å². The minimum absolute atomic E-state index is 0.0513. The van der Waals surface area contributed by atoms with E-state index in [4.69, 9.17) is 42.6 Å². The van der Waals surface area contributed by atoms with Gasteiger partial charge in [0.05, 0.1) is 37.3 Å². The SMILES string of the molecule is CCNC(=O)Nc1ncnc2c1ncn2[C@@H]1O[C@H](CCC(=O)O)C2O[C@H](Cc3ccccc3)O[C@@H]21.CCNC(=O)Nc1ncnc2c1ncn2[C@@H]1O[C@H](CCC(=O)O)C2O[C@H](c3ccccc3)O[C@@H]21.O=C(O)CC[C@H]1O[C@@H](n2cnc3c(NC(=O)NC4CCCC4)ncnc32)[C@H]2O[C@@H](Cc3ccccc3)OC12. The molecule has 562 valence electrons. The van der Waals surface area contributed by atoms with Gasteiger partial charge in [0, 0.05) is 56.8 Å². The van der Waals surface area contributed by atoms with Gasteiger partial charge in [-0.05, 0) is 57.1 Å². The highest BCUT2D eigenvalue weighted by Gasteiger charge is 2.56. The van der Waals surface area contributed by atoms with Crippen molar-refractivity contribution in [2.24, 2.45) is 0 Å². The van der Waals surface area contributed by atoms with Gasteiger partial charge in [0.1, 0.15) is 55.6 Å². The molecule has 6 aromatic heterocycles. The van der Waals surface area contributed by atoms with Gasteiger partial charge < -0.3 is 73.9 Å². The van der Waals surface area contributed by atoms with Crippen LogP contribution in [0.5, 0.6) is 0 Å². The van der Waals surface area contributed by atoms with Crippen molar-refractivity contribution < 1.29 is 86.7 Å². The van der Waals surface area contributed by atoms with Crippen LogP contribution in [0.1, 0.15) is 120 Å². The van der Waals surface area contributed by atoms with E-state index in [1.165, 1.54) is 19.0 Å². The van der Waals surface area contributed by atoms with E-state index in [2.05, 4.69) is 76.8 Å². The van der Waals surface area contributed by atoms with Gasteiger partial charge in [-0.1, -0.05) is 104 Å². The normalized spacial score (nSPS) is 26.1. The highest BCUT2D eigenvalue weighted by atomic mass is 16.8. The number of fused-ring (bicyclic) bond motifs is 6. The van der Waals surface area contributed by atoms with E-state index >= 15 is 0 Å². The van der Waals surface area contributed by atoms with Crippen molar-refractivity contribution in [2.75, 3.05) is 29.0 Å². The second-order valence-electron chi connectivity index (χ2n) is 26.3. The van der Waals surface area contributed by atoms with Crippen molar-refractivity contribution in [1.82, 2.24) is 74.5 Å². The van der Waals surface area contributed by atoms with Crippen LogP contribution in [0.15, 0.2) is 129 Å². The molecule has 16 rings (SSSR count). The molecule has 36 nitrogen and oxygen atoms in total. The first-order chi connectivity index (χ1) is 52.1. The maximum Gasteiger partial charge on any atom is 0.320 e. The lowest BCUT2D eigenvalue weighted by molar-refractivity contribution is -0.151. The number of carboxylic acid groups (broad SMARTS) is 3. The maximum atomic E-state index is 12.6. The molecule has 107 heavy (non-hydrogen) atoms. The minimum Gasteiger partial charge on any atom is -0.481 e. The summed E-state index contributed by atoms with van der Waals surface area (Å²) >= 11 is 0. The molecule has 6 saturated heterocycles. The number of hydrogen-bond donors (Lipinski definition) is 9. The number of hydrogen-bond acceptors (Lipinski definition) is 24. The standard InChI is InChI=1S/C26H30N6O6.C23H26N6O6.C22H24N6O6/c33-18(34)11-10-17-21-22(38-19(37-21)12-15-6-2-1-3-7-15)25(36-17)32-14-29-20-23(27-13-28-24(20)32)31-26(35)30-16-8-4-5-9-16;1-2-24-23(32)28-20-17-21(26-11-25-20)29(12-27-17)22-19-18(14(33-22)8-9-15(30)31)34-16(35-19)10-13-6-4-3-5-7-13;1-2-23-22(31)27-18-15-19(25-10-24-18)28(11-26-15)20-17-16(13(32-20)8-9-14(29)30)33-21(34-17)12-6-4-3-5-7-12/h1-3,6-7,13-14,16-17,19,21-22,25H,4-5,8-12H2,(H,33,34)(H2,27,28,30,31,35);3-7,11-12,14,16,18-19,22H,2,8-10H2,1H3,(H,30,31)(H2,24,25,26,28,32);3-7,10-11,13,16-17,20-21H,2,8-9H2,1H3,(H,29,30)(H2,23,24,25,27,31)/t17-,19+,21?,22+,25-;14-,16+,18?,19+,22-;13-,16?,17+,20-,21+/m111/s1. The fourth-order valence-corrected chi connectivity index (χ4v) is 14.3. The second kappa shape index (κ2) is 33.3. The Morgan fingerprint density at radius 1 is 0.421 bits per heavy atom. The first-order valence-corrected chi connectivity index (χ1v) is 35.5. The van der Waals surface area contributed by atoms with Gasteiger partial charge in [-0.25, -0.2) is 59.2 Å². The van der Waals surface area contributed by atoms with Crippen molar-refractivity contribution >= 4 is 86.9 Å². The summed E-state index contributed by atoms with van der Waals surface area (Å²) < 4.78 is 61.4. The zero-order valence-corrected chi connectivity index (χ0v) is 58.1. The molecule has 7 aliphatic rings. The predicted molar refractivity (Wildman–Crippen MR) is 374 cm³/mol. The number of aromatic nitrogens is 12. The molecule has 7 fully saturated rings. The van der Waals surface area contributed by atoms with Gasteiger partial charge in [0.15, 0.2) is 88.5 Å². The zero-order valence-electron chi connectivity index (χ0n) is 58.1. The van der Waals surface area contributed by atoms with Crippen LogP contribution < -0.4 is 31.9 Å². The Balaban J connectivity index is 0.000000135. The number of nitrogens with zero attached hydrogens (tertiary/aromatic N) is 12. The van der Waals surface area contributed by atoms with Crippen molar-refractivity contribution in [2.45, 2.75) is 189 Å². The molecule has 3 unspecified atom stereocenters. The number of ether oxygens (including phenoxy) is 9. The van der Waals surface area contributed by atoms with E-state index in [0.717, 1.165) is 42.4 Å². The smallest absolute Gasteiger partial charge is 0.320 e. The molecule has 9 aromatic rings. The van der Waals surface area contributed by atoms with E-state index in [1.54, 1.807) is 32.7 Å². The maximum absolute atomic E-state index is 12.6. The highest BCUT2D eigenvalue weighted by Crippen LogP contribution is 2.48. The van der Waals surface area contributed by atoms with Crippen LogP contribution in [0.4, 0.5) is 31.8 Å². The van der Waals surface area contributed by atoms with Gasteiger partial charge >= 0.3 is 36.0 Å². The third kappa shape index (κ3) is 16.7. The van der Waals surface area contributed by atoms with Gasteiger partial charge in [-0.3, -0.25) is 44.0 Å². The zero-order chi connectivity index (χ0) is 74.1. The van der Waals surface area contributed by atoms with E-state index in [1.807, 2.05) is 105 Å². The van der Waals surface area contributed by atoms with Gasteiger partial charge in [-0.2, -0.15) is 0 Å². The molecule has 0 spiro atoms. The topological polar surface area (TPSA) is 449 Å². The first kappa shape index (κ1) is 73.1. The molecule has 15 atom stereocenters. The minimum atomic E-state index is -0.913. The summed E-state index contributed by atoms with van der Waals surface area (Å²) in [7, 11) is 0. The lowest BCUT2D eigenvalue weighted by atomic mass is 10.1. The van der Waals surface area contributed by atoms with Crippen molar-refractivity contribution in [3.8, 4) is 0 Å². The predicted octanol–water partition coefficient (Wildman–Crippen LogP) is 7.30. The van der Waals surface area contributed by atoms with Crippen LogP contribution in [0.25, 0.3) is 33.5 Å². The quantitative estimate of drug-likeness (QED) is 0.0303. The second-order valence-corrected chi connectivity index (χ2v) is 26.3. The Morgan fingerprint density at radius 2 is 0.766 bits per heavy atom. The molecule has 12 heterocycles. The lowest BCUT2D eigenvalue weighted by Crippen LogP contribution is -2.36. The van der Waals surface area contributed by atoms with Crippen molar-refractivity contribution in [3.63, 3.8) is 0 Å². The fraction of sp³-hybridized carbons (Fsp3) is 0.451. The van der Waals surface area contributed by atoms with Gasteiger partial charge in [0.25, 0.3) is 0 Å². The monoisotopic (exact) mass is 1470 g/mol. The summed E-state index contributed by atoms with van der Waals surface area (Å²) in [5.74, 6) is -1.90. The van der Waals surface area contributed by atoms with Crippen molar-refractivity contribution in [3.05, 3.63) is 146 Å². The van der Waals surface area contributed by atoms with Crippen LogP contribution in [0, 0.1) is 0 Å². The number of aliphatic carboxylic acids is 3. The Hall–Kier alpha value is -10.8. The Kier molecular flexibility index (Phi) is 22.8. The number of nitrogens with one attached hydrogen (secondary N) is 6. The third-order valence-electron chi connectivity index (χ3n) is 19.1. The highest BCUT2D eigenvalue weighted by molar-refractivity contribution is 5.97.